The standard InChI is InChI=1S/C27H30ClN5O4/c1-33-10-11-36-15(13-33)14-37-21-12-29-9-8-17(21)24-25(30-20-5-3-4-18(28)26(20)35-2)22-23(32-24)16-6-7-19(16)31-27(22)34/h3-5,8-9,12,15-16,19,30,32H,6-7,10-11,13-14H2,1-2H3,(H,31,34)/t15-,16+,19-/m0/s1. The maximum Gasteiger partial charge on any atom is 0.255 e. The molecule has 37 heavy (non-hydrogen) atoms. The first kappa shape index (κ1) is 24.1. The first-order valence-electron chi connectivity index (χ1n) is 12.6. The number of fused-ring (bicyclic) bond motifs is 3. The number of likely N-dealkylation sites (N-methyl/N-ethyl adjacent to an activating group) is 1. The van der Waals surface area contributed by atoms with E-state index in [0.717, 1.165) is 42.9 Å². The van der Waals surface area contributed by atoms with E-state index in [1.54, 1.807) is 25.6 Å². The minimum Gasteiger partial charge on any atom is -0.493 e. The zero-order valence-corrected chi connectivity index (χ0v) is 21.6. The number of carbonyl (C=O) groups is 1. The van der Waals surface area contributed by atoms with Gasteiger partial charge < -0.3 is 34.7 Å². The second-order valence-electron chi connectivity index (χ2n) is 9.81. The minimum atomic E-state index is -0.0999. The van der Waals surface area contributed by atoms with Gasteiger partial charge in [-0.3, -0.25) is 9.78 Å². The third-order valence-corrected chi connectivity index (χ3v) is 7.77. The number of H-pyrrole nitrogens is 1. The van der Waals surface area contributed by atoms with Crippen LogP contribution in [0.15, 0.2) is 36.7 Å². The summed E-state index contributed by atoms with van der Waals surface area (Å²) < 4.78 is 17.7. The average Bonchev–Trinajstić information content (AvgIpc) is 3.23. The first-order chi connectivity index (χ1) is 18.0. The second kappa shape index (κ2) is 9.89. The number of para-hydroxylation sites is 1. The maximum atomic E-state index is 13.3. The fourth-order valence-electron chi connectivity index (χ4n) is 5.42. The molecule has 1 saturated carbocycles. The predicted molar refractivity (Wildman–Crippen MR) is 141 cm³/mol. The molecule has 2 aliphatic heterocycles. The molecule has 6 rings (SSSR count). The summed E-state index contributed by atoms with van der Waals surface area (Å²) in [6.07, 6.45) is 5.40. The first-order valence-corrected chi connectivity index (χ1v) is 12.9. The summed E-state index contributed by atoms with van der Waals surface area (Å²) in [6.45, 7) is 2.80. The van der Waals surface area contributed by atoms with E-state index in [1.807, 2.05) is 18.2 Å². The molecule has 0 bridgehead atoms. The quantitative estimate of drug-likeness (QED) is 0.427. The van der Waals surface area contributed by atoms with Gasteiger partial charge in [0.05, 0.1) is 47.6 Å². The summed E-state index contributed by atoms with van der Waals surface area (Å²) in [5.41, 5.74) is 4.44. The smallest absolute Gasteiger partial charge is 0.255 e. The van der Waals surface area contributed by atoms with Gasteiger partial charge in [0.1, 0.15) is 18.5 Å². The van der Waals surface area contributed by atoms with Crippen molar-refractivity contribution in [3.63, 3.8) is 0 Å². The molecule has 0 spiro atoms. The number of benzene rings is 1. The molecule has 2 fully saturated rings. The Balaban J connectivity index is 1.41. The number of nitrogens with one attached hydrogen (secondary N) is 3. The van der Waals surface area contributed by atoms with Gasteiger partial charge in [0.15, 0.2) is 5.75 Å². The number of ether oxygens (including phenoxy) is 3. The van der Waals surface area contributed by atoms with Crippen molar-refractivity contribution >= 4 is 28.9 Å². The average molecular weight is 524 g/mol. The van der Waals surface area contributed by atoms with Crippen molar-refractivity contribution < 1.29 is 19.0 Å². The van der Waals surface area contributed by atoms with Crippen molar-refractivity contribution in [1.82, 2.24) is 20.2 Å². The van der Waals surface area contributed by atoms with E-state index in [2.05, 4.69) is 32.5 Å². The Kier molecular flexibility index (Phi) is 6.44. The topological polar surface area (TPSA) is 101 Å². The van der Waals surface area contributed by atoms with Gasteiger partial charge in [-0.1, -0.05) is 17.7 Å². The second-order valence-corrected chi connectivity index (χ2v) is 10.2. The van der Waals surface area contributed by atoms with Crippen LogP contribution in [0.5, 0.6) is 11.5 Å². The third-order valence-electron chi connectivity index (χ3n) is 7.47. The Morgan fingerprint density at radius 1 is 1.30 bits per heavy atom. The van der Waals surface area contributed by atoms with Gasteiger partial charge >= 0.3 is 0 Å². The molecule has 3 aliphatic rings. The van der Waals surface area contributed by atoms with Crippen LogP contribution in [0, 0.1) is 0 Å². The van der Waals surface area contributed by atoms with E-state index in [-0.39, 0.29) is 24.0 Å². The molecule has 1 aromatic carbocycles. The van der Waals surface area contributed by atoms with Crippen molar-refractivity contribution in [2.24, 2.45) is 0 Å². The highest BCUT2D eigenvalue weighted by atomic mass is 35.5. The summed E-state index contributed by atoms with van der Waals surface area (Å²) in [7, 11) is 3.65. The Bertz CT molecular complexity index is 1330. The summed E-state index contributed by atoms with van der Waals surface area (Å²) in [5, 5.41) is 7.11. The molecule has 0 radical (unpaired) electrons. The number of pyridine rings is 1. The van der Waals surface area contributed by atoms with Crippen LogP contribution in [-0.4, -0.2) is 73.4 Å². The van der Waals surface area contributed by atoms with E-state index in [0.29, 0.717) is 46.7 Å². The molecule has 4 heterocycles. The fraction of sp³-hybridized carbons (Fsp3) is 0.407. The van der Waals surface area contributed by atoms with Gasteiger partial charge in [0.25, 0.3) is 5.91 Å². The molecule has 10 heteroatoms. The van der Waals surface area contributed by atoms with Gasteiger partial charge in [-0.2, -0.15) is 0 Å². The summed E-state index contributed by atoms with van der Waals surface area (Å²) in [5.74, 6) is 1.27. The number of rotatable bonds is 7. The molecular weight excluding hydrogens is 494 g/mol. The van der Waals surface area contributed by atoms with Crippen molar-refractivity contribution in [1.29, 1.82) is 0 Å². The number of carbonyl (C=O) groups excluding carboxylic acids is 1. The Morgan fingerprint density at radius 3 is 2.97 bits per heavy atom. The number of aromatic amines is 1. The molecular formula is C27H30ClN5O4. The van der Waals surface area contributed by atoms with Gasteiger partial charge in [-0.25, -0.2) is 0 Å². The molecule has 9 nitrogen and oxygen atoms in total. The molecule has 1 amide bonds. The third kappa shape index (κ3) is 4.41. The lowest BCUT2D eigenvalue weighted by Crippen LogP contribution is -2.49. The van der Waals surface area contributed by atoms with Crippen molar-refractivity contribution in [2.45, 2.75) is 30.9 Å². The maximum absolute atomic E-state index is 13.3. The Labute approximate surface area is 220 Å². The van der Waals surface area contributed by atoms with Crippen LogP contribution in [0.4, 0.5) is 11.4 Å². The predicted octanol–water partition coefficient (Wildman–Crippen LogP) is 4.18. The number of amides is 1. The lowest BCUT2D eigenvalue weighted by molar-refractivity contribution is -0.0403. The Hall–Kier alpha value is -3.27. The van der Waals surface area contributed by atoms with E-state index >= 15 is 0 Å². The highest BCUT2D eigenvalue weighted by Crippen LogP contribution is 2.49. The molecule has 1 saturated heterocycles. The summed E-state index contributed by atoms with van der Waals surface area (Å²) in [6, 6.07) is 7.55. The van der Waals surface area contributed by atoms with Gasteiger partial charge in [-0.05, 0) is 38.1 Å². The molecule has 2 aromatic heterocycles. The van der Waals surface area contributed by atoms with E-state index in [1.165, 1.54) is 0 Å². The number of methoxy groups -OCH3 is 1. The molecule has 3 aromatic rings. The number of aromatic nitrogens is 2. The minimum absolute atomic E-state index is 0.0292. The van der Waals surface area contributed by atoms with Gasteiger partial charge in [0.2, 0.25) is 0 Å². The van der Waals surface area contributed by atoms with Crippen molar-refractivity contribution in [3.8, 4) is 22.8 Å². The van der Waals surface area contributed by atoms with Crippen LogP contribution in [-0.2, 0) is 4.74 Å². The number of halogens is 1. The zero-order chi connectivity index (χ0) is 25.5. The van der Waals surface area contributed by atoms with Crippen molar-refractivity contribution in [3.05, 3.63) is 52.9 Å². The van der Waals surface area contributed by atoms with Crippen LogP contribution in [0.2, 0.25) is 5.02 Å². The van der Waals surface area contributed by atoms with E-state index in [9.17, 15) is 4.79 Å². The number of hydrogen-bond donors (Lipinski definition) is 3. The number of hydrogen-bond acceptors (Lipinski definition) is 7. The van der Waals surface area contributed by atoms with Crippen LogP contribution in [0.3, 0.4) is 0 Å². The SMILES string of the molecule is COc1c(Cl)cccc1Nc1c(-c2ccncc2OC[C@@H]2CN(C)CCO2)[nH]c2c1C(=O)N[C@H]1CC[C@@H]21. The molecule has 194 valence electrons. The molecule has 0 unspecified atom stereocenters. The molecule has 3 N–H and O–H groups in total. The van der Waals surface area contributed by atoms with Crippen LogP contribution in [0.25, 0.3) is 11.3 Å². The van der Waals surface area contributed by atoms with Crippen LogP contribution in [0.1, 0.15) is 34.8 Å². The highest BCUT2D eigenvalue weighted by Gasteiger charge is 2.43. The zero-order valence-electron chi connectivity index (χ0n) is 20.8. The molecule has 1 aliphatic carbocycles. The van der Waals surface area contributed by atoms with Gasteiger partial charge in [0, 0.05) is 42.5 Å². The lowest BCUT2D eigenvalue weighted by Gasteiger charge is -2.40. The van der Waals surface area contributed by atoms with Crippen LogP contribution >= 0.6 is 11.6 Å². The van der Waals surface area contributed by atoms with Crippen molar-refractivity contribution in [2.75, 3.05) is 45.8 Å². The largest absolute Gasteiger partial charge is 0.493 e. The normalized spacial score (nSPS) is 22.9. The fourth-order valence-corrected chi connectivity index (χ4v) is 5.67. The van der Waals surface area contributed by atoms with E-state index in [4.69, 9.17) is 25.8 Å². The molecule has 3 atom stereocenters. The Morgan fingerprint density at radius 2 is 2.19 bits per heavy atom. The highest BCUT2D eigenvalue weighted by molar-refractivity contribution is 6.32. The monoisotopic (exact) mass is 523 g/mol. The summed E-state index contributed by atoms with van der Waals surface area (Å²) in [4.78, 5) is 23.4. The summed E-state index contributed by atoms with van der Waals surface area (Å²) >= 11 is 6.40. The van der Waals surface area contributed by atoms with Crippen LogP contribution < -0.4 is 20.1 Å². The van der Waals surface area contributed by atoms with E-state index < -0.39 is 0 Å². The number of nitrogens with zero attached hydrogens (tertiary/aromatic N) is 2. The number of morpholine rings is 1. The number of anilines is 2. The lowest BCUT2D eigenvalue weighted by atomic mass is 9.74. The van der Waals surface area contributed by atoms with Gasteiger partial charge in [-0.15, -0.1) is 0 Å².